The third-order valence-corrected chi connectivity index (χ3v) is 4.78. The number of para-hydroxylation sites is 2. The highest BCUT2D eigenvalue weighted by Gasteiger charge is 2.46. The first-order chi connectivity index (χ1) is 12.0. The molecule has 2 heterocycles. The third-order valence-electron chi connectivity index (χ3n) is 4.78. The topological polar surface area (TPSA) is 47.9 Å². The molecule has 2 aliphatic heterocycles. The van der Waals surface area contributed by atoms with E-state index in [-0.39, 0.29) is 25.1 Å². The van der Waals surface area contributed by atoms with Crippen LogP contribution in [0.15, 0.2) is 65.9 Å². The lowest BCUT2D eigenvalue weighted by Gasteiger charge is -2.35. The molecule has 0 saturated heterocycles. The molecule has 2 aliphatic rings. The minimum absolute atomic E-state index is 0. The molecule has 0 bridgehead atoms. The van der Waals surface area contributed by atoms with Crippen LogP contribution in [0.5, 0.6) is 11.5 Å². The zero-order chi connectivity index (χ0) is 17.5. The molecule has 0 spiro atoms. The van der Waals surface area contributed by atoms with Crippen LogP contribution in [0.3, 0.4) is 0 Å². The lowest BCUT2D eigenvalue weighted by atomic mass is 9.74. The lowest BCUT2D eigenvalue weighted by Crippen LogP contribution is -3.00. The second-order valence-corrected chi connectivity index (χ2v) is 6.69. The Bertz CT molecular complexity index is 850. The van der Waals surface area contributed by atoms with Crippen LogP contribution < -0.4 is 17.1 Å². The minimum atomic E-state index is -0.925. The summed E-state index contributed by atoms with van der Waals surface area (Å²) in [4.78, 5) is 17.3. The molecule has 2 aromatic carbocycles. The SMILES string of the molecule is CC1(C(=O)OC[N+]2(C)C=CN=C2)c2ccccc2Oc2ccccc21.[Cl-]. The average molecular weight is 371 g/mol. The van der Waals surface area contributed by atoms with Crippen LogP contribution in [0.4, 0.5) is 0 Å². The maximum absolute atomic E-state index is 13.2. The van der Waals surface area contributed by atoms with Crippen LogP contribution in [-0.2, 0) is 14.9 Å². The Kier molecular flexibility index (Phi) is 4.61. The number of benzene rings is 2. The summed E-state index contributed by atoms with van der Waals surface area (Å²) >= 11 is 0. The van der Waals surface area contributed by atoms with E-state index in [2.05, 4.69) is 4.99 Å². The van der Waals surface area contributed by atoms with Gasteiger partial charge in [-0.3, -0.25) is 4.79 Å². The van der Waals surface area contributed by atoms with Crippen LogP contribution >= 0.6 is 0 Å². The van der Waals surface area contributed by atoms with Gasteiger partial charge in [-0.15, -0.1) is 0 Å². The molecule has 0 amide bonds. The quantitative estimate of drug-likeness (QED) is 0.586. The summed E-state index contributed by atoms with van der Waals surface area (Å²) in [6.07, 6.45) is 5.32. The van der Waals surface area contributed by atoms with E-state index in [0.29, 0.717) is 16.0 Å². The van der Waals surface area contributed by atoms with Gasteiger partial charge in [0.05, 0.1) is 13.2 Å². The van der Waals surface area contributed by atoms with Crippen molar-refractivity contribution in [3.8, 4) is 11.5 Å². The fourth-order valence-electron chi connectivity index (χ4n) is 3.26. The van der Waals surface area contributed by atoms with E-state index >= 15 is 0 Å². The Morgan fingerprint density at radius 3 is 2.23 bits per heavy atom. The summed E-state index contributed by atoms with van der Waals surface area (Å²) in [5.41, 5.74) is 0.699. The van der Waals surface area contributed by atoms with Gasteiger partial charge in [0.2, 0.25) is 6.73 Å². The van der Waals surface area contributed by atoms with Crippen molar-refractivity contribution in [3.05, 3.63) is 72.1 Å². The smallest absolute Gasteiger partial charge is 0.325 e. The van der Waals surface area contributed by atoms with Crippen molar-refractivity contribution in [2.75, 3.05) is 13.8 Å². The molecule has 5 nitrogen and oxygen atoms in total. The molecular weight excluding hydrogens is 352 g/mol. The van der Waals surface area contributed by atoms with Gasteiger partial charge in [0.15, 0.2) is 6.34 Å². The number of rotatable bonds is 3. The standard InChI is InChI=1S/C20H19N2O3.ClH/c1-20(19(23)24-14-22(2)12-11-21-13-22)15-7-3-5-9-17(15)25-18-10-6-4-8-16(18)20;/h3-13H,14H2,1-2H3;1H/q+1;/p-1. The van der Waals surface area contributed by atoms with Gasteiger partial charge < -0.3 is 21.9 Å². The largest absolute Gasteiger partial charge is 1.00 e. The zero-order valence-corrected chi connectivity index (χ0v) is 15.3. The normalized spacial score (nSPS) is 21.2. The van der Waals surface area contributed by atoms with Gasteiger partial charge in [0, 0.05) is 11.1 Å². The van der Waals surface area contributed by atoms with Crippen molar-refractivity contribution in [1.82, 2.24) is 0 Å². The molecular formula is C20H19ClN2O3. The van der Waals surface area contributed by atoms with Crippen molar-refractivity contribution in [2.45, 2.75) is 12.3 Å². The number of fused-ring (bicyclic) bond motifs is 2. The number of hydrogen-bond acceptors (Lipinski definition) is 4. The number of carbonyl (C=O) groups excluding carboxylic acids is 1. The van der Waals surface area contributed by atoms with Gasteiger partial charge in [-0.05, 0) is 19.1 Å². The van der Waals surface area contributed by atoms with Crippen molar-refractivity contribution in [3.63, 3.8) is 0 Å². The van der Waals surface area contributed by atoms with Crippen LogP contribution in [0.2, 0.25) is 0 Å². The highest BCUT2D eigenvalue weighted by molar-refractivity contribution is 5.90. The van der Waals surface area contributed by atoms with Gasteiger partial charge in [0.1, 0.15) is 23.1 Å². The van der Waals surface area contributed by atoms with Crippen LogP contribution in [-0.4, -0.2) is 30.6 Å². The molecule has 0 aliphatic carbocycles. The highest BCUT2D eigenvalue weighted by atomic mass is 35.5. The molecule has 4 rings (SSSR count). The molecule has 1 unspecified atom stereocenters. The number of nitrogens with zero attached hydrogens (tertiary/aromatic N) is 2. The monoisotopic (exact) mass is 370 g/mol. The minimum Gasteiger partial charge on any atom is -1.00 e. The molecule has 0 saturated carbocycles. The molecule has 6 heteroatoms. The predicted octanol–water partition coefficient (Wildman–Crippen LogP) is 0.563. The Balaban J connectivity index is 0.00000196. The van der Waals surface area contributed by atoms with Gasteiger partial charge in [-0.1, -0.05) is 36.4 Å². The number of quaternary nitrogens is 1. The second-order valence-electron chi connectivity index (χ2n) is 6.69. The lowest BCUT2D eigenvalue weighted by molar-refractivity contribution is -0.778. The number of esters is 1. The Morgan fingerprint density at radius 1 is 1.12 bits per heavy atom. The number of carbonyl (C=O) groups is 1. The van der Waals surface area contributed by atoms with Crippen molar-refractivity contribution < 1.29 is 31.2 Å². The summed E-state index contributed by atoms with van der Waals surface area (Å²) in [7, 11) is 1.93. The van der Waals surface area contributed by atoms with E-state index in [4.69, 9.17) is 9.47 Å². The zero-order valence-electron chi connectivity index (χ0n) is 14.6. The van der Waals surface area contributed by atoms with E-state index in [1.165, 1.54) is 0 Å². The van der Waals surface area contributed by atoms with Crippen LogP contribution in [0.1, 0.15) is 18.1 Å². The van der Waals surface area contributed by atoms with E-state index in [0.717, 1.165) is 11.1 Å². The number of ether oxygens (including phenoxy) is 2. The second kappa shape index (κ2) is 6.59. The fourth-order valence-corrected chi connectivity index (χ4v) is 3.26. The van der Waals surface area contributed by atoms with Gasteiger partial charge >= 0.3 is 5.97 Å². The molecule has 2 aromatic rings. The first-order valence-electron chi connectivity index (χ1n) is 8.14. The van der Waals surface area contributed by atoms with E-state index in [9.17, 15) is 4.79 Å². The van der Waals surface area contributed by atoms with E-state index in [1.807, 2.05) is 68.7 Å². The first-order valence-corrected chi connectivity index (χ1v) is 8.14. The summed E-state index contributed by atoms with van der Waals surface area (Å²) < 4.78 is 12.0. The van der Waals surface area contributed by atoms with Gasteiger partial charge in [0.25, 0.3) is 0 Å². The number of aliphatic imine (C=N–C) groups is 1. The summed E-state index contributed by atoms with van der Waals surface area (Å²) in [6.45, 7) is 2.09. The number of hydrogen-bond donors (Lipinski definition) is 0. The molecule has 0 N–H and O–H groups in total. The molecule has 0 aromatic heterocycles. The summed E-state index contributed by atoms with van der Waals surface area (Å²) in [5, 5.41) is 0. The third kappa shape index (κ3) is 2.79. The van der Waals surface area contributed by atoms with Crippen molar-refractivity contribution in [1.29, 1.82) is 0 Å². The first kappa shape index (κ1) is 18.2. The predicted molar refractivity (Wildman–Crippen MR) is 94.2 cm³/mol. The average Bonchev–Trinajstić information content (AvgIpc) is 3.07. The molecule has 1 atom stereocenters. The molecule has 26 heavy (non-hydrogen) atoms. The highest BCUT2D eigenvalue weighted by Crippen LogP contribution is 2.48. The van der Waals surface area contributed by atoms with E-state index in [1.54, 1.807) is 12.5 Å². The van der Waals surface area contributed by atoms with Crippen LogP contribution in [0.25, 0.3) is 0 Å². The fraction of sp³-hybridized carbons (Fsp3) is 0.200. The maximum Gasteiger partial charge on any atom is 0.325 e. The molecule has 134 valence electrons. The van der Waals surface area contributed by atoms with Gasteiger partial charge in [-0.25, -0.2) is 9.48 Å². The van der Waals surface area contributed by atoms with Crippen LogP contribution in [0, 0.1) is 0 Å². The van der Waals surface area contributed by atoms with Crippen molar-refractivity contribution in [2.24, 2.45) is 4.99 Å². The van der Waals surface area contributed by atoms with Gasteiger partial charge in [-0.2, -0.15) is 0 Å². The molecule has 0 fully saturated rings. The summed E-state index contributed by atoms with van der Waals surface area (Å²) in [6, 6.07) is 15.2. The Labute approximate surface area is 158 Å². The maximum atomic E-state index is 13.2. The Hall–Kier alpha value is -2.63. The summed E-state index contributed by atoms with van der Waals surface area (Å²) in [5.74, 6) is 1.07. The Morgan fingerprint density at radius 2 is 1.69 bits per heavy atom. The molecule has 0 radical (unpaired) electrons. The van der Waals surface area contributed by atoms with E-state index < -0.39 is 5.41 Å². The van der Waals surface area contributed by atoms with Crippen molar-refractivity contribution >= 4 is 12.3 Å². The number of halogens is 1.